The second kappa shape index (κ2) is 9.33. The zero-order valence-corrected chi connectivity index (χ0v) is 17.6. The standard InChI is InChI=1S/C20H28N4O2.2ClH/c21-18(25)14-4-10-24(11-5-14)16-3-1-2-15(12-16)23-19(26)17-13-20(17)6-8-22-9-7-20;;/h1-3,12,14,17,22H,4-11,13H2,(H2,21,25)(H,23,26);2*1H. The summed E-state index contributed by atoms with van der Waals surface area (Å²) < 4.78 is 0. The van der Waals surface area contributed by atoms with Crippen molar-refractivity contribution < 1.29 is 9.59 Å². The third-order valence-electron chi connectivity index (χ3n) is 6.48. The SMILES string of the molecule is Cl.Cl.NC(=O)C1CCN(c2cccc(NC(=O)C3CC34CCNCC4)c2)CC1. The summed E-state index contributed by atoms with van der Waals surface area (Å²) in [7, 11) is 0. The van der Waals surface area contributed by atoms with Gasteiger partial charge in [0, 0.05) is 36.3 Å². The van der Waals surface area contributed by atoms with Crippen LogP contribution in [0.2, 0.25) is 0 Å². The lowest BCUT2D eigenvalue weighted by molar-refractivity contribution is -0.122. The van der Waals surface area contributed by atoms with Crippen LogP contribution in [0, 0.1) is 17.3 Å². The molecule has 2 heterocycles. The fourth-order valence-corrected chi connectivity index (χ4v) is 4.63. The van der Waals surface area contributed by atoms with Gasteiger partial charge in [-0.25, -0.2) is 0 Å². The average molecular weight is 429 g/mol. The van der Waals surface area contributed by atoms with Gasteiger partial charge in [0.25, 0.3) is 0 Å². The van der Waals surface area contributed by atoms with E-state index in [0.29, 0.717) is 0 Å². The molecule has 2 aliphatic heterocycles. The Bertz CT molecular complexity index is 701. The van der Waals surface area contributed by atoms with E-state index >= 15 is 0 Å². The monoisotopic (exact) mass is 428 g/mol. The number of hydrogen-bond donors (Lipinski definition) is 3. The molecule has 28 heavy (non-hydrogen) atoms. The Morgan fingerprint density at radius 1 is 1.14 bits per heavy atom. The number of carbonyl (C=O) groups excluding carboxylic acids is 2. The van der Waals surface area contributed by atoms with Gasteiger partial charge >= 0.3 is 0 Å². The first-order valence-corrected chi connectivity index (χ1v) is 9.73. The predicted molar refractivity (Wildman–Crippen MR) is 116 cm³/mol. The molecule has 4 N–H and O–H groups in total. The Morgan fingerprint density at radius 3 is 2.46 bits per heavy atom. The largest absolute Gasteiger partial charge is 0.371 e. The topological polar surface area (TPSA) is 87.5 Å². The zero-order chi connectivity index (χ0) is 18.1. The van der Waals surface area contributed by atoms with Crippen LogP contribution < -0.4 is 21.3 Å². The summed E-state index contributed by atoms with van der Waals surface area (Å²) in [4.78, 5) is 26.2. The molecule has 2 amide bonds. The van der Waals surface area contributed by atoms with E-state index in [2.05, 4.69) is 21.6 Å². The summed E-state index contributed by atoms with van der Waals surface area (Å²) >= 11 is 0. The minimum Gasteiger partial charge on any atom is -0.371 e. The third-order valence-corrected chi connectivity index (χ3v) is 6.48. The summed E-state index contributed by atoms with van der Waals surface area (Å²) in [6.07, 6.45) is 4.84. The highest BCUT2D eigenvalue weighted by atomic mass is 35.5. The molecule has 1 aromatic carbocycles. The van der Waals surface area contributed by atoms with Crippen molar-refractivity contribution in [1.29, 1.82) is 0 Å². The molecule has 3 fully saturated rings. The predicted octanol–water partition coefficient (Wildman–Crippen LogP) is 2.56. The minimum atomic E-state index is -0.193. The number of amides is 2. The number of anilines is 2. The van der Waals surface area contributed by atoms with Crippen LogP contribution in [-0.2, 0) is 9.59 Å². The number of benzene rings is 1. The van der Waals surface area contributed by atoms with Gasteiger partial charge in [0.2, 0.25) is 11.8 Å². The Labute approximate surface area is 178 Å². The van der Waals surface area contributed by atoms with Crippen LogP contribution in [0.4, 0.5) is 11.4 Å². The van der Waals surface area contributed by atoms with Gasteiger partial charge in [0.1, 0.15) is 0 Å². The molecular weight excluding hydrogens is 399 g/mol. The smallest absolute Gasteiger partial charge is 0.228 e. The highest BCUT2D eigenvalue weighted by molar-refractivity contribution is 5.95. The number of halogens is 2. The molecule has 4 rings (SSSR count). The van der Waals surface area contributed by atoms with Crippen LogP contribution in [0.5, 0.6) is 0 Å². The van der Waals surface area contributed by atoms with Gasteiger partial charge in [-0.15, -0.1) is 24.8 Å². The van der Waals surface area contributed by atoms with E-state index in [1.54, 1.807) is 0 Å². The van der Waals surface area contributed by atoms with Crippen molar-refractivity contribution in [3.8, 4) is 0 Å². The summed E-state index contributed by atoms with van der Waals surface area (Å²) in [6, 6.07) is 8.04. The van der Waals surface area contributed by atoms with Crippen LogP contribution in [0.1, 0.15) is 32.1 Å². The van der Waals surface area contributed by atoms with Crippen molar-refractivity contribution in [3.63, 3.8) is 0 Å². The highest BCUT2D eigenvalue weighted by Gasteiger charge is 2.57. The maximum absolute atomic E-state index is 12.7. The molecule has 156 valence electrons. The molecule has 0 radical (unpaired) electrons. The maximum atomic E-state index is 12.7. The van der Waals surface area contributed by atoms with Gasteiger partial charge in [0.05, 0.1) is 0 Å². The van der Waals surface area contributed by atoms with Gasteiger partial charge in [-0.1, -0.05) is 6.07 Å². The van der Waals surface area contributed by atoms with Gasteiger partial charge in [0.15, 0.2) is 0 Å². The van der Waals surface area contributed by atoms with Crippen LogP contribution in [0.15, 0.2) is 24.3 Å². The van der Waals surface area contributed by atoms with Crippen molar-refractivity contribution >= 4 is 48.0 Å². The first kappa shape index (κ1) is 22.8. The molecular formula is C20H30Cl2N4O2. The zero-order valence-electron chi connectivity index (χ0n) is 16.0. The van der Waals surface area contributed by atoms with Crippen molar-refractivity contribution in [3.05, 3.63) is 24.3 Å². The second-order valence-corrected chi connectivity index (χ2v) is 8.07. The number of nitrogens with zero attached hydrogens (tertiary/aromatic N) is 1. The lowest BCUT2D eigenvalue weighted by Gasteiger charge is -2.32. The Balaban J connectivity index is 0.00000140. The van der Waals surface area contributed by atoms with Crippen LogP contribution in [0.3, 0.4) is 0 Å². The van der Waals surface area contributed by atoms with Crippen LogP contribution in [-0.4, -0.2) is 38.0 Å². The van der Waals surface area contributed by atoms with Crippen molar-refractivity contribution in [2.45, 2.75) is 32.1 Å². The van der Waals surface area contributed by atoms with Crippen molar-refractivity contribution in [1.82, 2.24) is 5.32 Å². The van der Waals surface area contributed by atoms with E-state index < -0.39 is 0 Å². The molecule has 8 heteroatoms. The number of hydrogen-bond acceptors (Lipinski definition) is 4. The molecule has 3 aliphatic rings. The van der Waals surface area contributed by atoms with Gasteiger partial charge in [-0.05, 0) is 68.8 Å². The number of rotatable bonds is 4. The molecule has 2 saturated heterocycles. The maximum Gasteiger partial charge on any atom is 0.228 e. The molecule has 1 saturated carbocycles. The lowest BCUT2D eigenvalue weighted by atomic mass is 9.92. The highest BCUT2D eigenvalue weighted by Crippen LogP contribution is 2.58. The van der Waals surface area contributed by atoms with E-state index in [-0.39, 0.29) is 53.9 Å². The van der Waals surface area contributed by atoms with Gasteiger partial charge in [-0.3, -0.25) is 9.59 Å². The number of carbonyl (C=O) groups is 2. The molecule has 6 nitrogen and oxygen atoms in total. The molecule has 1 unspecified atom stereocenters. The second-order valence-electron chi connectivity index (χ2n) is 8.07. The van der Waals surface area contributed by atoms with Crippen LogP contribution >= 0.6 is 24.8 Å². The van der Waals surface area contributed by atoms with E-state index in [9.17, 15) is 9.59 Å². The van der Waals surface area contributed by atoms with E-state index in [0.717, 1.165) is 69.7 Å². The fourth-order valence-electron chi connectivity index (χ4n) is 4.63. The summed E-state index contributed by atoms with van der Waals surface area (Å²) in [5.74, 6) is 0.128. The molecule has 0 aromatic heterocycles. The van der Waals surface area contributed by atoms with E-state index in [4.69, 9.17) is 5.73 Å². The summed E-state index contributed by atoms with van der Waals surface area (Å²) in [5.41, 5.74) is 7.63. The number of nitrogens with one attached hydrogen (secondary N) is 2. The third kappa shape index (κ3) is 4.73. The molecule has 0 bridgehead atoms. The average Bonchev–Trinajstić information content (AvgIpc) is 3.35. The molecule has 1 spiro atoms. The van der Waals surface area contributed by atoms with E-state index in [1.807, 2.05) is 18.2 Å². The molecule has 1 atom stereocenters. The molecule has 1 aliphatic carbocycles. The van der Waals surface area contributed by atoms with E-state index in [1.165, 1.54) is 0 Å². The van der Waals surface area contributed by atoms with Crippen molar-refractivity contribution in [2.75, 3.05) is 36.4 Å². The number of nitrogens with two attached hydrogens (primary N) is 1. The van der Waals surface area contributed by atoms with Gasteiger partial charge < -0.3 is 21.3 Å². The summed E-state index contributed by atoms with van der Waals surface area (Å²) in [5, 5.41) is 6.50. The normalized spacial score (nSPS) is 23.3. The Morgan fingerprint density at radius 2 is 1.82 bits per heavy atom. The first-order chi connectivity index (χ1) is 12.6. The number of primary amides is 1. The number of piperidine rings is 2. The quantitative estimate of drug-likeness (QED) is 0.687. The fraction of sp³-hybridized carbons (Fsp3) is 0.600. The Hall–Kier alpha value is -1.50. The van der Waals surface area contributed by atoms with Crippen LogP contribution in [0.25, 0.3) is 0 Å². The van der Waals surface area contributed by atoms with Crippen molar-refractivity contribution in [2.24, 2.45) is 23.0 Å². The first-order valence-electron chi connectivity index (χ1n) is 9.73. The lowest BCUT2D eigenvalue weighted by Crippen LogP contribution is -2.38. The molecule has 1 aromatic rings. The minimum absolute atomic E-state index is 0. The Kier molecular flexibility index (Phi) is 7.59. The van der Waals surface area contributed by atoms with Gasteiger partial charge in [-0.2, -0.15) is 0 Å². The summed E-state index contributed by atoms with van der Waals surface area (Å²) in [6.45, 7) is 3.70.